The Kier molecular flexibility index (Phi) is 20.5. The predicted octanol–water partition coefficient (Wildman–Crippen LogP) is 1.26. The van der Waals surface area contributed by atoms with Gasteiger partial charge in [0.15, 0.2) is 0 Å². The zero-order valence-corrected chi connectivity index (χ0v) is 14.9. The van der Waals surface area contributed by atoms with Crippen molar-refractivity contribution >= 4 is 5.97 Å². The molecule has 0 saturated heterocycles. The van der Waals surface area contributed by atoms with Gasteiger partial charge >= 0.3 is 35.5 Å². The van der Waals surface area contributed by atoms with Gasteiger partial charge in [-0.2, -0.15) is 5.48 Å². The molecule has 0 bridgehead atoms. The normalized spacial score (nSPS) is 9.74. The molecule has 0 fully saturated rings. The van der Waals surface area contributed by atoms with Gasteiger partial charge in [-0.05, 0) is 6.42 Å². The molecule has 1 N–H and O–H groups in total. The van der Waals surface area contributed by atoms with E-state index in [1.54, 1.807) is 0 Å². The second-order valence-corrected chi connectivity index (χ2v) is 4.70. The van der Waals surface area contributed by atoms with Gasteiger partial charge in [-0.25, -0.2) is 4.79 Å². The molecular weight excluding hydrogens is 249 g/mol. The largest absolute Gasteiger partial charge is 1.00 e. The topological polar surface area (TPSA) is 38.3 Å². The van der Waals surface area contributed by atoms with E-state index in [1.165, 1.54) is 57.8 Å². The molecule has 0 aliphatic heterocycles. The van der Waals surface area contributed by atoms with E-state index in [0.717, 1.165) is 19.0 Å². The van der Waals surface area contributed by atoms with Crippen LogP contribution in [-0.2, 0) is 9.63 Å². The van der Waals surface area contributed by atoms with Gasteiger partial charge in [0.2, 0.25) is 0 Å². The summed E-state index contributed by atoms with van der Waals surface area (Å²) in [7, 11) is 0. The minimum absolute atomic E-state index is 0. The number of hydrogen-bond donors (Lipinski definition) is 1. The van der Waals surface area contributed by atoms with Crippen molar-refractivity contribution < 1.29 is 40.6 Å². The van der Waals surface area contributed by atoms with Crippen molar-refractivity contribution in [2.75, 3.05) is 6.54 Å². The molecule has 0 spiro atoms. The van der Waals surface area contributed by atoms with Crippen molar-refractivity contribution in [2.45, 2.75) is 71.1 Å². The van der Waals surface area contributed by atoms with E-state index in [9.17, 15) is 4.79 Å². The van der Waals surface area contributed by atoms with Crippen LogP contribution in [0.3, 0.4) is 0 Å². The number of hydroxylamine groups is 1. The predicted molar refractivity (Wildman–Crippen MR) is 77.2 cm³/mol. The fourth-order valence-electron chi connectivity index (χ4n) is 1.85. The van der Waals surface area contributed by atoms with Crippen molar-refractivity contribution in [2.24, 2.45) is 0 Å². The van der Waals surface area contributed by atoms with Gasteiger partial charge in [-0.15, -0.1) is 0 Å². The molecule has 19 heavy (non-hydrogen) atoms. The summed E-state index contributed by atoms with van der Waals surface area (Å²) in [5.74, 6) is -0.415. The van der Waals surface area contributed by atoms with Crippen LogP contribution in [0.2, 0.25) is 0 Å². The third-order valence-corrected chi connectivity index (χ3v) is 2.97. The average molecular weight is 279 g/mol. The van der Waals surface area contributed by atoms with Gasteiger partial charge in [0.25, 0.3) is 0 Å². The Morgan fingerprint density at radius 3 is 2.00 bits per heavy atom. The molecule has 0 aliphatic rings. The van der Waals surface area contributed by atoms with Crippen LogP contribution in [0, 0.1) is 0 Å². The molecule has 0 aliphatic carbocycles. The molecule has 0 aromatic carbocycles. The van der Waals surface area contributed by atoms with E-state index in [0.29, 0.717) is 0 Å². The number of nitrogens with one attached hydrogen (secondary N) is 1. The Balaban J connectivity index is -0.00000144. The van der Waals surface area contributed by atoms with Crippen LogP contribution in [0.1, 0.15) is 72.6 Å². The molecule has 108 valence electrons. The Bertz CT molecular complexity index is 216. The van der Waals surface area contributed by atoms with Crippen LogP contribution in [-0.4, -0.2) is 12.5 Å². The SMILES string of the molecule is C=CC(=O)ONCCCCCCCCCCCC.[H-].[Na+]. The molecule has 3 nitrogen and oxygen atoms in total. The van der Waals surface area contributed by atoms with E-state index in [1.807, 2.05) is 0 Å². The van der Waals surface area contributed by atoms with E-state index >= 15 is 0 Å². The maximum absolute atomic E-state index is 10.7. The summed E-state index contributed by atoms with van der Waals surface area (Å²) >= 11 is 0. The van der Waals surface area contributed by atoms with Crippen LogP contribution in [0.25, 0.3) is 0 Å². The fraction of sp³-hybridized carbons (Fsp3) is 0.800. The van der Waals surface area contributed by atoms with Gasteiger partial charge < -0.3 is 6.26 Å². The van der Waals surface area contributed by atoms with E-state index in [4.69, 9.17) is 0 Å². The summed E-state index contributed by atoms with van der Waals surface area (Å²) in [6, 6.07) is 0. The smallest absolute Gasteiger partial charge is 1.00 e. The standard InChI is InChI=1S/C15H29NO2.Na.H/c1-3-5-6-7-8-9-10-11-12-13-14-16-18-15(17)4-2;;/h4,16H,2-3,5-14H2,1H3;;/q;+1;-1. The summed E-state index contributed by atoms with van der Waals surface area (Å²) in [4.78, 5) is 15.4. The average Bonchev–Trinajstić information content (AvgIpc) is 2.39. The van der Waals surface area contributed by atoms with Gasteiger partial charge in [0.05, 0.1) is 0 Å². The third kappa shape index (κ3) is 18.2. The molecule has 0 atom stereocenters. The van der Waals surface area contributed by atoms with Crippen LogP contribution in [0.4, 0.5) is 0 Å². The van der Waals surface area contributed by atoms with Crippen LogP contribution in [0.5, 0.6) is 0 Å². The number of rotatable bonds is 13. The van der Waals surface area contributed by atoms with Gasteiger partial charge in [0.1, 0.15) is 0 Å². The first-order chi connectivity index (χ1) is 8.81. The van der Waals surface area contributed by atoms with Crippen molar-refractivity contribution in [1.82, 2.24) is 5.48 Å². The molecule has 0 heterocycles. The van der Waals surface area contributed by atoms with E-state index < -0.39 is 5.97 Å². The molecule has 0 radical (unpaired) electrons. The minimum atomic E-state index is -0.415. The van der Waals surface area contributed by atoms with Crippen molar-refractivity contribution in [3.63, 3.8) is 0 Å². The molecular formula is C15H30NNaO2. The molecule has 4 heteroatoms. The molecule has 0 amide bonds. The first-order valence-electron chi connectivity index (χ1n) is 7.37. The van der Waals surface area contributed by atoms with Crippen molar-refractivity contribution in [3.8, 4) is 0 Å². The Labute approximate surface area is 142 Å². The molecule has 0 unspecified atom stereocenters. The summed E-state index contributed by atoms with van der Waals surface area (Å²) in [6.07, 6.45) is 14.3. The quantitative estimate of drug-likeness (QED) is 0.239. The molecule has 0 rings (SSSR count). The van der Waals surface area contributed by atoms with Crippen molar-refractivity contribution in [1.29, 1.82) is 0 Å². The Morgan fingerprint density at radius 1 is 1.05 bits per heavy atom. The first kappa shape index (κ1) is 21.5. The van der Waals surface area contributed by atoms with E-state index in [2.05, 4.69) is 23.8 Å². The van der Waals surface area contributed by atoms with Crippen LogP contribution < -0.4 is 35.0 Å². The first-order valence-corrected chi connectivity index (χ1v) is 7.37. The van der Waals surface area contributed by atoms with E-state index in [-0.39, 0.29) is 31.0 Å². The summed E-state index contributed by atoms with van der Waals surface area (Å²) in [5, 5.41) is 0. The van der Waals surface area contributed by atoms with Crippen LogP contribution in [0.15, 0.2) is 12.7 Å². The zero-order valence-electron chi connectivity index (χ0n) is 13.9. The Hall–Kier alpha value is 0.170. The third-order valence-electron chi connectivity index (χ3n) is 2.97. The second-order valence-electron chi connectivity index (χ2n) is 4.70. The maximum atomic E-state index is 10.7. The molecule has 0 aromatic rings. The summed E-state index contributed by atoms with van der Waals surface area (Å²) in [5.41, 5.74) is 2.64. The Morgan fingerprint density at radius 2 is 1.53 bits per heavy atom. The summed E-state index contributed by atoms with van der Waals surface area (Å²) < 4.78 is 0. The summed E-state index contributed by atoms with van der Waals surface area (Å²) in [6.45, 7) is 6.30. The molecule has 0 aromatic heterocycles. The maximum Gasteiger partial charge on any atom is 1.00 e. The zero-order chi connectivity index (χ0) is 13.5. The number of carbonyl (C=O) groups excluding carboxylic acids is 1. The minimum Gasteiger partial charge on any atom is -1.00 e. The fourth-order valence-corrected chi connectivity index (χ4v) is 1.85. The monoisotopic (exact) mass is 279 g/mol. The van der Waals surface area contributed by atoms with Gasteiger partial charge in [0, 0.05) is 12.6 Å². The number of hydrogen-bond acceptors (Lipinski definition) is 3. The van der Waals surface area contributed by atoms with Gasteiger partial charge in [-0.3, -0.25) is 0 Å². The number of unbranched alkanes of at least 4 members (excludes halogenated alkanes) is 9. The van der Waals surface area contributed by atoms with Crippen molar-refractivity contribution in [3.05, 3.63) is 12.7 Å². The molecule has 0 saturated carbocycles. The second kappa shape index (κ2) is 18.2. The number of carbonyl (C=O) groups is 1. The van der Waals surface area contributed by atoms with Crippen LogP contribution >= 0.6 is 0 Å². The van der Waals surface area contributed by atoms with Gasteiger partial charge in [-0.1, -0.05) is 71.3 Å².